The zero-order valence-corrected chi connectivity index (χ0v) is 18.3. The molecule has 0 N–H and O–H groups in total. The molecule has 0 unspecified atom stereocenters. The molecule has 0 heterocycles. The fraction of sp³-hybridized carbons (Fsp3) is 1.00. The number of alkyl halides is 6. The second kappa shape index (κ2) is 10.3. The summed E-state index contributed by atoms with van der Waals surface area (Å²) in [5.41, 5.74) is 0. The van der Waals surface area contributed by atoms with Crippen molar-refractivity contribution in [2.75, 3.05) is 0 Å². The average Bonchev–Trinajstić information content (AvgIpc) is 2.33. The lowest BCUT2D eigenvalue weighted by molar-refractivity contribution is 0.544. The van der Waals surface area contributed by atoms with Gasteiger partial charge in [-0.25, -0.2) is 10.7 Å². The minimum Gasteiger partial charge on any atom is -0.225 e. The molecule has 0 radical (unpaired) electrons. The predicted octanol–water partition coefficient (Wildman–Crippen LogP) is 3.17. The van der Waals surface area contributed by atoms with Gasteiger partial charge in [-0.1, -0.05) is 13.0 Å². The SMILES string of the molecule is CC[SiH2]S[SiH3].Cl[C@H]1[C@H](Cl)[C@@H](Cl)[C@@H](Cl)[C@H](Cl)[C@H]1Cl. The maximum atomic E-state index is 5.88. The second-order valence-corrected chi connectivity index (χ2v) is 16.8. The summed E-state index contributed by atoms with van der Waals surface area (Å²) in [6, 6.07) is 1.48. The van der Waals surface area contributed by atoms with Gasteiger partial charge < -0.3 is 0 Å². The summed E-state index contributed by atoms with van der Waals surface area (Å²) >= 11 is 35.3. The van der Waals surface area contributed by atoms with Crippen LogP contribution in [0.5, 0.6) is 0 Å². The Morgan fingerprint density at radius 1 is 0.824 bits per heavy atom. The van der Waals surface area contributed by atoms with Crippen LogP contribution in [0.25, 0.3) is 0 Å². The minimum absolute atomic E-state index is 0.410. The Kier molecular flexibility index (Phi) is 11.8. The van der Waals surface area contributed by atoms with Crippen LogP contribution in [0.15, 0.2) is 0 Å². The molecule has 17 heavy (non-hydrogen) atoms. The summed E-state index contributed by atoms with van der Waals surface area (Å²) in [6.07, 6.45) is 0. The van der Waals surface area contributed by atoms with Crippen molar-refractivity contribution in [3.63, 3.8) is 0 Å². The van der Waals surface area contributed by atoms with Gasteiger partial charge in [0.25, 0.3) is 0 Å². The van der Waals surface area contributed by atoms with Gasteiger partial charge in [0.2, 0.25) is 0 Å². The lowest BCUT2D eigenvalue weighted by Gasteiger charge is -2.37. The topological polar surface area (TPSA) is 0 Å². The molecule has 1 rings (SSSR count). The zero-order chi connectivity index (χ0) is 13.6. The van der Waals surface area contributed by atoms with Crippen molar-refractivity contribution in [3.05, 3.63) is 0 Å². The second-order valence-electron chi connectivity index (χ2n) is 3.66. The highest BCUT2D eigenvalue weighted by atomic mass is 35.5. The molecule has 9 heteroatoms. The van der Waals surface area contributed by atoms with Crippen LogP contribution in [0.2, 0.25) is 6.04 Å². The van der Waals surface area contributed by atoms with E-state index < -0.39 is 32.3 Å². The van der Waals surface area contributed by atoms with E-state index in [0.717, 1.165) is 0 Å². The van der Waals surface area contributed by atoms with Crippen LogP contribution in [-0.2, 0) is 0 Å². The van der Waals surface area contributed by atoms with Crippen molar-refractivity contribution in [1.29, 1.82) is 0 Å². The first kappa shape index (κ1) is 19.5. The van der Waals surface area contributed by atoms with Gasteiger partial charge in [0.15, 0.2) is 0 Å². The molecule has 1 aliphatic carbocycles. The smallest absolute Gasteiger partial charge is 0.0765 e. The van der Waals surface area contributed by atoms with Crippen LogP contribution in [0.1, 0.15) is 6.92 Å². The summed E-state index contributed by atoms with van der Waals surface area (Å²) in [6.45, 7) is 2.27. The minimum atomic E-state index is -0.437. The molecule has 1 fully saturated rings. The number of hydrogen-bond acceptors (Lipinski definition) is 1. The van der Waals surface area contributed by atoms with E-state index in [2.05, 4.69) is 17.6 Å². The van der Waals surface area contributed by atoms with Gasteiger partial charge in [-0.05, 0) is 0 Å². The molecule has 0 aromatic heterocycles. The van der Waals surface area contributed by atoms with E-state index in [1.165, 1.54) is 15.4 Å². The first-order valence-corrected chi connectivity index (χ1v) is 14.4. The maximum absolute atomic E-state index is 5.88. The van der Waals surface area contributed by atoms with Crippen molar-refractivity contribution in [3.8, 4) is 0 Å². The highest BCUT2D eigenvalue weighted by Crippen LogP contribution is 2.39. The Bertz CT molecular complexity index is 152. The molecular weight excluding hydrogens is 397 g/mol. The summed E-state index contributed by atoms with van der Waals surface area (Å²) in [7, 11) is 3.97. The van der Waals surface area contributed by atoms with Crippen molar-refractivity contribution in [2.45, 2.75) is 45.2 Å². The van der Waals surface area contributed by atoms with Crippen LogP contribution in [0, 0.1) is 0 Å². The van der Waals surface area contributed by atoms with Gasteiger partial charge in [-0.3, -0.25) is 0 Å². The first-order chi connectivity index (χ1) is 7.88. The van der Waals surface area contributed by atoms with E-state index in [9.17, 15) is 0 Å². The normalized spacial score (nSPS) is 42.5. The van der Waals surface area contributed by atoms with E-state index in [1.807, 2.05) is 0 Å². The Balaban J connectivity index is 0.000000437. The summed E-state index contributed by atoms with van der Waals surface area (Å²) in [5.74, 6) is 0. The molecule has 0 aromatic rings. The molecule has 0 aliphatic heterocycles. The van der Waals surface area contributed by atoms with E-state index in [1.54, 1.807) is 0 Å². The largest absolute Gasteiger partial charge is 0.225 e. The van der Waals surface area contributed by atoms with Crippen molar-refractivity contribution < 1.29 is 0 Å². The maximum Gasteiger partial charge on any atom is 0.0765 e. The van der Waals surface area contributed by atoms with E-state index in [4.69, 9.17) is 69.6 Å². The van der Waals surface area contributed by atoms with Crippen molar-refractivity contribution in [1.82, 2.24) is 0 Å². The van der Waals surface area contributed by atoms with Crippen LogP contribution < -0.4 is 0 Å². The van der Waals surface area contributed by atoms with E-state index in [0.29, 0.717) is 8.67 Å². The molecule has 1 saturated carbocycles. The third-order valence-corrected chi connectivity index (χ3v) is 13.2. The van der Waals surface area contributed by atoms with Gasteiger partial charge >= 0.3 is 0 Å². The summed E-state index contributed by atoms with van der Waals surface area (Å²) < 4.78 is 0. The quantitative estimate of drug-likeness (QED) is 0.495. The lowest BCUT2D eigenvalue weighted by atomic mass is 9.97. The lowest BCUT2D eigenvalue weighted by Crippen LogP contribution is -2.52. The fourth-order valence-electron chi connectivity index (χ4n) is 1.26. The van der Waals surface area contributed by atoms with Crippen LogP contribution >= 0.6 is 80.3 Å². The fourth-order valence-corrected chi connectivity index (χ4v) is 8.89. The molecule has 0 aromatic carbocycles. The molecule has 1 aliphatic rings. The highest BCUT2D eigenvalue weighted by Gasteiger charge is 2.46. The monoisotopic (exact) mass is 410 g/mol. The number of rotatable bonds is 2. The third kappa shape index (κ3) is 6.22. The Hall–Kier alpha value is 2.52. The molecular formula is C8H16Cl6SSi2. The average molecular weight is 413 g/mol. The van der Waals surface area contributed by atoms with Gasteiger partial charge in [0, 0.05) is 0 Å². The predicted molar refractivity (Wildman–Crippen MR) is 94.4 cm³/mol. The standard InChI is InChI=1S/C6H6Cl6.C2H10SSi2/c7-1-2(8)4(10)6(12)5(11)3(1)9;1-2-5-3-4/h1-6H;2,5H2,1,4H3/t1-,2-,3-,4+,5+,6+;. The van der Waals surface area contributed by atoms with Crippen molar-refractivity contribution in [2.24, 2.45) is 0 Å². The van der Waals surface area contributed by atoms with E-state index >= 15 is 0 Å². The number of hydrogen-bond donors (Lipinski definition) is 0. The molecule has 0 amide bonds. The van der Waals surface area contributed by atoms with Crippen molar-refractivity contribution >= 4 is 98.3 Å². The van der Waals surface area contributed by atoms with Gasteiger partial charge in [0.05, 0.1) is 50.3 Å². The zero-order valence-electron chi connectivity index (χ0n) is 9.55. The molecule has 0 bridgehead atoms. The molecule has 0 nitrogen and oxygen atoms in total. The Morgan fingerprint density at radius 3 is 1.12 bits per heavy atom. The molecule has 0 saturated heterocycles. The van der Waals surface area contributed by atoms with Crippen LogP contribution in [0.3, 0.4) is 0 Å². The highest BCUT2D eigenvalue weighted by molar-refractivity contribution is 8.38. The first-order valence-electron chi connectivity index (χ1n) is 5.21. The summed E-state index contributed by atoms with van der Waals surface area (Å²) in [4.78, 5) is 0. The molecule has 0 atom stereocenters. The van der Waals surface area contributed by atoms with Gasteiger partial charge in [-0.15, -0.1) is 69.6 Å². The van der Waals surface area contributed by atoms with Gasteiger partial charge in [0.1, 0.15) is 0 Å². The van der Waals surface area contributed by atoms with E-state index in [-0.39, 0.29) is 0 Å². The van der Waals surface area contributed by atoms with Gasteiger partial charge in [-0.2, -0.15) is 0 Å². The number of halogens is 6. The third-order valence-electron chi connectivity index (χ3n) is 2.23. The molecule has 0 spiro atoms. The van der Waals surface area contributed by atoms with Crippen LogP contribution in [-0.4, -0.2) is 50.3 Å². The van der Waals surface area contributed by atoms with Crippen LogP contribution in [0.4, 0.5) is 0 Å². The summed E-state index contributed by atoms with van der Waals surface area (Å²) in [5, 5.41) is -2.62. The molecule has 104 valence electrons. The Labute approximate surface area is 142 Å². The Morgan fingerprint density at radius 2 is 1.06 bits per heavy atom.